The monoisotopic (exact) mass is 245 g/mol. The normalized spacial score (nSPS) is 11.8. The van der Waals surface area contributed by atoms with E-state index >= 15 is 0 Å². The van der Waals surface area contributed by atoms with Gasteiger partial charge in [-0.1, -0.05) is 19.9 Å². The van der Waals surface area contributed by atoms with E-state index in [-0.39, 0.29) is 11.3 Å². The maximum Gasteiger partial charge on any atom is 0.216 e. The number of aromatic amines is 1. The van der Waals surface area contributed by atoms with Crippen LogP contribution in [0.5, 0.6) is 0 Å². The summed E-state index contributed by atoms with van der Waals surface area (Å²) in [6.07, 6.45) is 0. The van der Waals surface area contributed by atoms with Crippen molar-refractivity contribution in [2.24, 2.45) is 0 Å². The molecule has 1 aromatic carbocycles. The number of rotatable bonds is 3. The van der Waals surface area contributed by atoms with Crippen LogP contribution in [0.3, 0.4) is 0 Å². The summed E-state index contributed by atoms with van der Waals surface area (Å²) in [7, 11) is 0. The highest BCUT2D eigenvalue weighted by atomic mass is 16.1. The van der Waals surface area contributed by atoms with Crippen LogP contribution in [0.2, 0.25) is 0 Å². The van der Waals surface area contributed by atoms with E-state index in [2.05, 4.69) is 41.3 Å². The predicted molar refractivity (Wildman–Crippen MR) is 72.5 cm³/mol. The number of aryl methyl sites for hydroxylation is 1. The maximum atomic E-state index is 11.0. The van der Waals surface area contributed by atoms with Crippen molar-refractivity contribution >= 4 is 16.9 Å². The molecular formula is C14H19N3O. The lowest BCUT2D eigenvalue weighted by Crippen LogP contribution is -2.35. The van der Waals surface area contributed by atoms with Crippen LogP contribution in [0.15, 0.2) is 18.2 Å². The Bertz CT molecular complexity index is 584. The molecular weight excluding hydrogens is 226 g/mol. The van der Waals surface area contributed by atoms with Gasteiger partial charge >= 0.3 is 0 Å². The van der Waals surface area contributed by atoms with Gasteiger partial charge < -0.3 is 10.3 Å². The summed E-state index contributed by atoms with van der Waals surface area (Å²) in [5.41, 5.74) is 3.11. The molecule has 4 heteroatoms. The minimum absolute atomic E-state index is 0.00142. The molecule has 0 aliphatic rings. The van der Waals surface area contributed by atoms with Crippen LogP contribution in [0.25, 0.3) is 11.0 Å². The van der Waals surface area contributed by atoms with Crippen molar-refractivity contribution in [1.82, 2.24) is 15.3 Å². The molecule has 0 aliphatic heterocycles. The van der Waals surface area contributed by atoms with Gasteiger partial charge in [-0.05, 0) is 24.6 Å². The molecule has 96 valence electrons. The van der Waals surface area contributed by atoms with Crippen molar-refractivity contribution in [3.05, 3.63) is 29.6 Å². The minimum Gasteiger partial charge on any atom is -0.355 e. The predicted octanol–water partition coefficient (Wildman–Crippen LogP) is 2.29. The second-order valence-corrected chi connectivity index (χ2v) is 5.35. The van der Waals surface area contributed by atoms with Crippen LogP contribution in [0.4, 0.5) is 0 Å². The fourth-order valence-corrected chi connectivity index (χ4v) is 2.01. The molecule has 18 heavy (non-hydrogen) atoms. The third kappa shape index (κ3) is 2.53. The summed E-state index contributed by atoms with van der Waals surface area (Å²) < 4.78 is 0. The van der Waals surface area contributed by atoms with Gasteiger partial charge in [0.2, 0.25) is 5.91 Å². The fraction of sp³-hybridized carbons (Fsp3) is 0.429. The molecule has 2 aromatic rings. The number of fused-ring (bicyclic) bond motifs is 1. The second kappa shape index (κ2) is 4.44. The number of hydrogen-bond acceptors (Lipinski definition) is 2. The summed E-state index contributed by atoms with van der Waals surface area (Å²) >= 11 is 0. The highest BCUT2D eigenvalue weighted by Crippen LogP contribution is 2.25. The number of benzene rings is 1. The number of nitrogens with one attached hydrogen (secondary N) is 2. The van der Waals surface area contributed by atoms with Crippen molar-refractivity contribution in [2.75, 3.05) is 6.54 Å². The van der Waals surface area contributed by atoms with E-state index in [1.807, 2.05) is 13.0 Å². The highest BCUT2D eigenvalue weighted by Gasteiger charge is 2.21. The van der Waals surface area contributed by atoms with E-state index in [4.69, 9.17) is 0 Å². The molecule has 0 bridgehead atoms. The van der Waals surface area contributed by atoms with E-state index in [1.54, 1.807) is 0 Å². The Morgan fingerprint density at radius 2 is 2.17 bits per heavy atom. The molecule has 0 saturated heterocycles. The van der Waals surface area contributed by atoms with Crippen molar-refractivity contribution in [1.29, 1.82) is 0 Å². The van der Waals surface area contributed by atoms with Crippen molar-refractivity contribution in [3.63, 3.8) is 0 Å². The third-order valence-corrected chi connectivity index (χ3v) is 3.16. The van der Waals surface area contributed by atoms with E-state index in [9.17, 15) is 4.79 Å². The zero-order valence-electron chi connectivity index (χ0n) is 11.3. The summed E-state index contributed by atoms with van der Waals surface area (Å²) in [5.74, 6) is 0.920. The standard InChI is InChI=1S/C14H19N3O/c1-9-16-12-6-5-11(7-13(12)17-9)14(3,4)8-15-10(2)18/h5-7H,8H2,1-4H3,(H,15,18)(H,16,17). The van der Waals surface area contributed by atoms with Gasteiger partial charge in [0.25, 0.3) is 0 Å². The van der Waals surface area contributed by atoms with E-state index < -0.39 is 0 Å². The van der Waals surface area contributed by atoms with Gasteiger partial charge in [-0.15, -0.1) is 0 Å². The Morgan fingerprint density at radius 1 is 1.44 bits per heavy atom. The number of imidazole rings is 1. The molecule has 2 N–H and O–H groups in total. The zero-order valence-corrected chi connectivity index (χ0v) is 11.3. The number of H-pyrrole nitrogens is 1. The molecule has 1 amide bonds. The Labute approximate surface area is 107 Å². The minimum atomic E-state index is -0.0983. The molecule has 1 heterocycles. The molecule has 0 unspecified atom stereocenters. The number of carbonyl (C=O) groups is 1. The highest BCUT2D eigenvalue weighted by molar-refractivity contribution is 5.76. The molecule has 1 aromatic heterocycles. The Morgan fingerprint density at radius 3 is 2.83 bits per heavy atom. The number of carbonyl (C=O) groups excluding carboxylic acids is 1. The number of amides is 1. The number of nitrogens with zero attached hydrogens (tertiary/aromatic N) is 1. The zero-order chi connectivity index (χ0) is 13.3. The average molecular weight is 245 g/mol. The largest absolute Gasteiger partial charge is 0.355 e. The summed E-state index contributed by atoms with van der Waals surface area (Å²) in [4.78, 5) is 18.6. The lowest BCUT2D eigenvalue weighted by molar-refractivity contribution is -0.119. The first-order valence-corrected chi connectivity index (χ1v) is 6.10. The molecule has 4 nitrogen and oxygen atoms in total. The van der Waals surface area contributed by atoms with Crippen LogP contribution in [-0.2, 0) is 10.2 Å². The van der Waals surface area contributed by atoms with Crippen LogP contribution in [0.1, 0.15) is 32.2 Å². The lowest BCUT2D eigenvalue weighted by atomic mass is 9.84. The number of hydrogen-bond donors (Lipinski definition) is 2. The van der Waals surface area contributed by atoms with Crippen LogP contribution >= 0.6 is 0 Å². The van der Waals surface area contributed by atoms with Gasteiger partial charge in [0.1, 0.15) is 5.82 Å². The van der Waals surface area contributed by atoms with Crippen LogP contribution in [-0.4, -0.2) is 22.4 Å². The van der Waals surface area contributed by atoms with Gasteiger partial charge in [-0.25, -0.2) is 4.98 Å². The van der Waals surface area contributed by atoms with Crippen LogP contribution in [0, 0.1) is 6.92 Å². The van der Waals surface area contributed by atoms with Gasteiger partial charge in [-0.2, -0.15) is 0 Å². The molecule has 0 spiro atoms. The Kier molecular flexibility index (Phi) is 3.11. The molecule has 0 radical (unpaired) electrons. The van der Waals surface area contributed by atoms with E-state index in [0.29, 0.717) is 6.54 Å². The molecule has 0 saturated carbocycles. The first-order valence-electron chi connectivity index (χ1n) is 6.10. The topological polar surface area (TPSA) is 57.8 Å². The number of aromatic nitrogens is 2. The molecule has 0 fully saturated rings. The molecule has 2 rings (SSSR count). The first kappa shape index (κ1) is 12.6. The van der Waals surface area contributed by atoms with E-state index in [1.165, 1.54) is 12.5 Å². The summed E-state index contributed by atoms with van der Waals surface area (Å²) in [6, 6.07) is 6.20. The SMILES string of the molecule is CC(=O)NCC(C)(C)c1ccc2nc(C)[nH]c2c1. The van der Waals surface area contributed by atoms with Gasteiger partial charge in [-0.3, -0.25) is 4.79 Å². The third-order valence-electron chi connectivity index (χ3n) is 3.16. The second-order valence-electron chi connectivity index (χ2n) is 5.35. The quantitative estimate of drug-likeness (QED) is 0.871. The molecule has 0 atom stereocenters. The average Bonchev–Trinajstić information content (AvgIpc) is 2.65. The smallest absolute Gasteiger partial charge is 0.216 e. The van der Waals surface area contributed by atoms with Crippen molar-refractivity contribution in [2.45, 2.75) is 33.1 Å². The molecule has 0 aliphatic carbocycles. The first-order chi connectivity index (χ1) is 8.38. The fourth-order valence-electron chi connectivity index (χ4n) is 2.01. The van der Waals surface area contributed by atoms with E-state index in [0.717, 1.165) is 16.9 Å². The van der Waals surface area contributed by atoms with Crippen molar-refractivity contribution in [3.8, 4) is 0 Å². The maximum absolute atomic E-state index is 11.0. The van der Waals surface area contributed by atoms with Gasteiger partial charge in [0, 0.05) is 18.9 Å². The van der Waals surface area contributed by atoms with Gasteiger partial charge in [0.05, 0.1) is 11.0 Å². The summed E-state index contributed by atoms with van der Waals surface area (Å²) in [5, 5.41) is 2.87. The lowest BCUT2D eigenvalue weighted by Gasteiger charge is -2.25. The van der Waals surface area contributed by atoms with Crippen LogP contribution < -0.4 is 5.32 Å². The Hall–Kier alpha value is -1.84. The van der Waals surface area contributed by atoms with Gasteiger partial charge in [0.15, 0.2) is 0 Å². The Balaban J connectivity index is 2.31. The summed E-state index contributed by atoms with van der Waals surface area (Å²) in [6.45, 7) is 8.35. The van der Waals surface area contributed by atoms with Crippen molar-refractivity contribution < 1.29 is 4.79 Å².